The molecule has 1 aromatic carbocycles. The number of hydrogen-bond acceptors (Lipinski definition) is 3. The molecule has 1 aromatic rings. The van der Waals surface area contributed by atoms with Crippen LogP contribution in [0.2, 0.25) is 0 Å². The molecule has 1 atom stereocenters. The lowest BCUT2D eigenvalue weighted by atomic mass is 10.1. The number of piperidine rings is 1. The third kappa shape index (κ3) is 3.02. The number of sulfonamides is 1. The maximum atomic E-state index is 12.7. The smallest absolute Gasteiger partial charge is 0.244 e. The minimum atomic E-state index is -3.46. The molecule has 4 nitrogen and oxygen atoms in total. The summed E-state index contributed by atoms with van der Waals surface area (Å²) >= 11 is 3.35. The van der Waals surface area contributed by atoms with Gasteiger partial charge >= 0.3 is 0 Å². The van der Waals surface area contributed by atoms with Gasteiger partial charge in [-0.15, -0.1) is 0 Å². The largest absolute Gasteiger partial charge is 0.329 e. The van der Waals surface area contributed by atoms with Gasteiger partial charge < -0.3 is 5.73 Å². The first-order valence-corrected chi connectivity index (χ1v) is 8.68. The normalized spacial score (nSPS) is 21.5. The third-order valence-corrected chi connectivity index (χ3v) is 6.45. The zero-order chi connectivity index (χ0) is 14.0. The minimum Gasteiger partial charge on any atom is -0.329 e. The summed E-state index contributed by atoms with van der Waals surface area (Å²) in [5.74, 6) is 0. The molecule has 1 heterocycles. The van der Waals surface area contributed by atoms with Crippen molar-refractivity contribution in [2.24, 2.45) is 5.73 Å². The van der Waals surface area contributed by atoms with Crippen LogP contribution in [-0.2, 0) is 10.0 Å². The number of nitrogens with zero attached hydrogens (tertiary/aromatic N) is 1. The minimum absolute atomic E-state index is 0.0769. The van der Waals surface area contributed by atoms with E-state index in [1.54, 1.807) is 10.4 Å². The van der Waals surface area contributed by atoms with Crippen molar-refractivity contribution in [1.29, 1.82) is 0 Å². The first-order valence-electron chi connectivity index (χ1n) is 6.45. The average molecular weight is 347 g/mol. The van der Waals surface area contributed by atoms with E-state index in [4.69, 9.17) is 5.73 Å². The van der Waals surface area contributed by atoms with Crippen LogP contribution in [-0.4, -0.2) is 31.9 Å². The molecular weight excluding hydrogens is 328 g/mol. The molecule has 0 amide bonds. The number of aryl methyl sites for hydroxylation is 1. The molecule has 106 valence electrons. The Bertz CT molecular complexity index is 560. The fraction of sp³-hybridized carbons (Fsp3) is 0.538. The highest BCUT2D eigenvalue weighted by Crippen LogP contribution is 2.30. The van der Waals surface area contributed by atoms with E-state index in [2.05, 4.69) is 15.9 Å². The number of benzene rings is 1. The topological polar surface area (TPSA) is 63.4 Å². The van der Waals surface area contributed by atoms with Crippen LogP contribution in [0, 0.1) is 6.92 Å². The molecule has 0 spiro atoms. The van der Waals surface area contributed by atoms with Crippen LogP contribution in [0.5, 0.6) is 0 Å². The molecule has 2 N–H and O–H groups in total. The molecule has 6 heteroatoms. The van der Waals surface area contributed by atoms with Crippen molar-refractivity contribution < 1.29 is 8.42 Å². The van der Waals surface area contributed by atoms with Crippen molar-refractivity contribution in [3.05, 3.63) is 28.2 Å². The quantitative estimate of drug-likeness (QED) is 0.912. The highest BCUT2D eigenvalue weighted by molar-refractivity contribution is 9.10. The molecule has 1 saturated heterocycles. The summed E-state index contributed by atoms with van der Waals surface area (Å²) in [5, 5.41) is 0. The summed E-state index contributed by atoms with van der Waals surface area (Å²) in [6.45, 7) is 2.87. The van der Waals surface area contributed by atoms with Crippen LogP contribution in [0.1, 0.15) is 24.8 Å². The molecule has 0 radical (unpaired) electrons. The van der Waals surface area contributed by atoms with Crippen molar-refractivity contribution >= 4 is 26.0 Å². The highest BCUT2D eigenvalue weighted by Gasteiger charge is 2.33. The second kappa shape index (κ2) is 5.91. The SMILES string of the molecule is Cc1ccc(S(=O)(=O)N2CCCCC2CN)c(Br)c1. The third-order valence-electron chi connectivity index (χ3n) is 3.52. The van der Waals surface area contributed by atoms with Gasteiger partial charge in [-0.2, -0.15) is 4.31 Å². The molecule has 0 aromatic heterocycles. The zero-order valence-electron chi connectivity index (χ0n) is 11.0. The van der Waals surface area contributed by atoms with Gasteiger partial charge in [0.15, 0.2) is 0 Å². The van der Waals surface area contributed by atoms with Crippen molar-refractivity contribution in [2.75, 3.05) is 13.1 Å². The van der Waals surface area contributed by atoms with Crippen LogP contribution in [0.4, 0.5) is 0 Å². The summed E-state index contributed by atoms with van der Waals surface area (Å²) in [4.78, 5) is 0.332. The molecule has 1 aliphatic rings. The van der Waals surface area contributed by atoms with Gasteiger partial charge in [-0.3, -0.25) is 0 Å². The van der Waals surface area contributed by atoms with E-state index in [1.165, 1.54) is 0 Å². The Hall–Kier alpha value is -0.430. The summed E-state index contributed by atoms with van der Waals surface area (Å²) in [6.07, 6.45) is 2.79. The number of rotatable bonds is 3. The van der Waals surface area contributed by atoms with Crippen molar-refractivity contribution in [1.82, 2.24) is 4.31 Å². The lowest BCUT2D eigenvalue weighted by molar-refractivity contribution is 0.257. The predicted molar refractivity (Wildman–Crippen MR) is 79.5 cm³/mol. The van der Waals surface area contributed by atoms with Crippen LogP contribution >= 0.6 is 15.9 Å². The van der Waals surface area contributed by atoms with Gasteiger partial charge in [0, 0.05) is 23.6 Å². The van der Waals surface area contributed by atoms with E-state index < -0.39 is 10.0 Å². The van der Waals surface area contributed by atoms with Gasteiger partial charge in [-0.05, 0) is 53.4 Å². The van der Waals surface area contributed by atoms with Gasteiger partial charge in [0.1, 0.15) is 0 Å². The number of hydrogen-bond donors (Lipinski definition) is 1. The second-order valence-electron chi connectivity index (χ2n) is 4.93. The van der Waals surface area contributed by atoms with Gasteiger partial charge in [-0.1, -0.05) is 12.5 Å². The molecule has 0 aliphatic carbocycles. The van der Waals surface area contributed by atoms with E-state index in [0.717, 1.165) is 24.8 Å². The Morgan fingerprint density at radius 1 is 1.42 bits per heavy atom. The summed E-state index contributed by atoms with van der Waals surface area (Å²) < 4.78 is 27.6. The predicted octanol–water partition coefficient (Wildman–Crippen LogP) is 2.26. The van der Waals surface area contributed by atoms with Crippen LogP contribution in [0.3, 0.4) is 0 Å². The first-order chi connectivity index (χ1) is 8.96. The monoisotopic (exact) mass is 346 g/mol. The van der Waals surface area contributed by atoms with Gasteiger partial charge in [-0.25, -0.2) is 8.42 Å². The Kier molecular flexibility index (Phi) is 4.66. The average Bonchev–Trinajstić information content (AvgIpc) is 2.38. The maximum Gasteiger partial charge on any atom is 0.244 e. The van der Waals surface area contributed by atoms with Crippen LogP contribution < -0.4 is 5.73 Å². The molecule has 0 saturated carbocycles. The molecule has 1 aliphatic heterocycles. The Morgan fingerprint density at radius 2 is 2.16 bits per heavy atom. The standard InChI is InChI=1S/C13H19BrN2O2S/c1-10-5-6-13(12(14)8-10)19(17,18)16-7-3-2-4-11(16)9-15/h5-6,8,11H,2-4,7,9,15H2,1H3. The molecule has 0 bridgehead atoms. The maximum absolute atomic E-state index is 12.7. The summed E-state index contributed by atoms with van der Waals surface area (Å²) in [6, 6.07) is 5.23. The fourth-order valence-corrected chi connectivity index (χ4v) is 5.33. The van der Waals surface area contributed by atoms with Crippen molar-refractivity contribution in [3.8, 4) is 0 Å². The van der Waals surface area contributed by atoms with E-state index in [1.807, 2.05) is 19.1 Å². The van der Waals surface area contributed by atoms with E-state index in [0.29, 0.717) is 22.5 Å². The highest BCUT2D eigenvalue weighted by atomic mass is 79.9. The van der Waals surface area contributed by atoms with Crippen molar-refractivity contribution in [3.63, 3.8) is 0 Å². The van der Waals surface area contributed by atoms with E-state index in [9.17, 15) is 8.42 Å². The van der Waals surface area contributed by atoms with Crippen LogP contribution in [0.25, 0.3) is 0 Å². The Labute approximate surface area is 123 Å². The van der Waals surface area contributed by atoms with Gasteiger partial charge in [0.05, 0.1) is 4.90 Å². The molecule has 1 fully saturated rings. The van der Waals surface area contributed by atoms with Crippen molar-refractivity contribution in [2.45, 2.75) is 37.1 Å². The molecule has 19 heavy (non-hydrogen) atoms. The Morgan fingerprint density at radius 3 is 2.79 bits per heavy atom. The molecular formula is C13H19BrN2O2S. The van der Waals surface area contributed by atoms with Gasteiger partial charge in [0.2, 0.25) is 10.0 Å². The number of nitrogens with two attached hydrogens (primary N) is 1. The number of halogens is 1. The Balaban J connectivity index is 2.40. The summed E-state index contributed by atoms with van der Waals surface area (Å²) in [7, 11) is -3.46. The lowest BCUT2D eigenvalue weighted by Gasteiger charge is -2.34. The molecule has 1 unspecified atom stereocenters. The first kappa shape index (κ1) is 15.0. The zero-order valence-corrected chi connectivity index (χ0v) is 13.4. The second-order valence-corrected chi connectivity index (χ2v) is 7.65. The van der Waals surface area contributed by atoms with E-state index in [-0.39, 0.29) is 6.04 Å². The van der Waals surface area contributed by atoms with Gasteiger partial charge in [0.25, 0.3) is 0 Å². The lowest BCUT2D eigenvalue weighted by Crippen LogP contribution is -2.47. The molecule has 2 rings (SSSR count). The summed E-state index contributed by atoms with van der Waals surface area (Å²) in [5.41, 5.74) is 6.74. The van der Waals surface area contributed by atoms with E-state index >= 15 is 0 Å². The fourth-order valence-electron chi connectivity index (χ4n) is 2.47. The van der Waals surface area contributed by atoms with Crippen LogP contribution in [0.15, 0.2) is 27.6 Å².